The van der Waals surface area contributed by atoms with Gasteiger partial charge in [-0.3, -0.25) is 9.69 Å². The average Bonchev–Trinajstić information content (AvgIpc) is 2.34. The summed E-state index contributed by atoms with van der Waals surface area (Å²) in [4.78, 5) is 15.2. The second-order valence-electron chi connectivity index (χ2n) is 4.81. The molecule has 0 aliphatic carbocycles. The molecule has 0 bridgehead atoms. The third-order valence-electron chi connectivity index (χ3n) is 2.98. The van der Waals surface area contributed by atoms with E-state index < -0.39 is 5.97 Å². The van der Waals surface area contributed by atoms with Crippen LogP contribution >= 0.6 is 0 Å². The lowest BCUT2D eigenvalue weighted by molar-refractivity contribution is -0.138. The Bertz CT molecular complexity index is 365. The minimum Gasteiger partial charge on any atom is -0.481 e. The topological polar surface area (TPSA) is 43.8 Å². The average molecular weight is 250 g/mol. The van der Waals surface area contributed by atoms with Crippen LogP contribution in [-0.4, -0.2) is 55.1 Å². The fourth-order valence-corrected chi connectivity index (χ4v) is 1.88. The summed E-state index contributed by atoms with van der Waals surface area (Å²) >= 11 is 0. The minimum absolute atomic E-state index is 0.0661. The van der Waals surface area contributed by atoms with E-state index in [9.17, 15) is 4.79 Å². The molecule has 1 atom stereocenters. The van der Waals surface area contributed by atoms with Crippen molar-refractivity contribution < 1.29 is 9.90 Å². The molecule has 0 aliphatic heterocycles. The summed E-state index contributed by atoms with van der Waals surface area (Å²) in [7, 11) is 6.01. The third kappa shape index (κ3) is 4.85. The molecule has 0 radical (unpaired) electrons. The molecule has 1 aromatic rings. The molecule has 4 nitrogen and oxygen atoms in total. The third-order valence-corrected chi connectivity index (χ3v) is 2.98. The largest absolute Gasteiger partial charge is 0.481 e. The van der Waals surface area contributed by atoms with E-state index in [2.05, 4.69) is 9.80 Å². The lowest BCUT2D eigenvalue weighted by Gasteiger charge is -2.28. The van der Waals surface area contributed by atoms with E-state index >= 15 is 0 Å². The van der Waals surface area contributed by atoms with Crippen molar-refractivity contribution in [2.24, 2.45) is 0 Å². The van der Waals surface area contributed by atoms with E-state index in [4.69, 9.17) is 5.11 Å². The number of rotatable bonds is 7. The van der Waals surface area contributed by atoms with Gasteiger partial charge < -0.3 is 10.0 Å². The maximum Gasteiger partial charge on any atom is 0.305 e. The molecule has 0 aliphatic rings. The number of benzene rings is 1. The molecule has 0 saturated carbocycles. The second-order valence-corrected chi connectivity index (χ2v) is 4.81. The number of aliphatic carboxylic acids is 1. The van der Waals surface area contributed by atoms with Crippen molar-refractivity contribution in [3.05, 3.63) is 35.9 Å². The summed E-state index contributed by atoms with van der Waals surface area (Å²) < 4.78 is 0. The Morgan fingerprint density at radius 3 is 2.28 bits per heavy atom. The Hall–Kier alpha value is -1.39. The normalized spacial score (nSPS) is 12.9. The highest BCUT2D eigenvalue weighted by molar-refractivity contribution is 5.67. The molecule has 0 amide bonds. The summed E-state index contributed by atoms with van der Waals surface area (Å²) in [5, 5.41) is 9.03. The molecular weight excluding hydrogens is 228 g/mol. The van der Waals surface area contributed by atoms with Gasteiger partial charge in [-0.2, -0.15) is 0 Å². The molecule has 0 fully saturated rings. The number of carboxylic acid groups (broad SMARTS) is 1. The summed E-state index contributed by atoms with van der Waals surface area (Å²) in [5.41, 5.74) is 1.06. The van der Waals surface area contributed by atoms with Gasteiger partial charge in [-0.1, -0.05) is 30.3 Å². The molecule has 0 saturated heterocycles. The minimum atomic E-state index is -0.763. The maximum atomic E-state index is 11.0. The van der Waals surface area contributed by atoms with Crippen LogP contribution in [0.3, 0.4) is 0 Å². The van der Waals surface area contributed by atoms with Gasteiger partial charge in [0.05, 0.1) is 6.42 Å². The van der Waals surface area contributed by atoms with Crippen LogP contribution in [0, 0.1) is 0 Å². The van der Waals surface area contributed by atoms with E-state index in [1.807, 2.05) is 51.5 Å². The Morgan fingerprint density at radius 1 is 1.17 bits per heavy atom. The zero-order chi connectivity index (χ0) is 13.5. The first-order valence-electron chi connectivity index (χ1n) is 6.12. The lowest BCUT2D eigenvalue weighted by atomic mass is 10.0. The fourth-order valence-electron chi connectivity index (χ4n) is 1.88. The van der Waals surface area contributed by atoms with Gasteiger partial charge in [0.1, 0.15) is 0 Å². The van der Waals surface area contributed by atoms with Gasteiger partial charge in [-0.25, -0.2) is 0 Å². The predicted octanol–water partition coefficient (Wildman–Crippen LogP) is 1.70. The van der Waals surface area contributed by atoms with E-state index in [0.29, 0.717) is 0 Å². The van der Waals surface area contributed by atoms with Crippen molar-refractivity contribution in [1.29, 1.82) is 0 Å². The highest BCUT2D eigenvalue weighted by Crippen LogP contribution is 2.22. The molecule has 1 rings (SSSR count). The van der Waals surface area contributed by atoms with Crippen LogP contribution < -0.4 is 0 Å². The Balaban J connectivity index is 2.75. The van der Waals surface area contributed by atoms with Gasteiger partial charge in [-0.15, -0.1) is 0 Å². The molecule has 1 aromatic carbocycles. The molecule has 18 heavy (non-hydrogen) atoms. The Kier molecular flexibility index (Phi) is 5.82. The number of nitrogens with zero attached hydrogens (tertiary/aromatic N) is 2. The summed E-state index contributed by atoms with van der Waals surface area (Å²) in [5.74, 6) is -0.763. The first-order valence-corrected chi connectivity index (χ1v) is 6.12. The standard InChI is InChI=1S/C14H22N2O2/c1-15(2)9-10-16(3)13(11-14(17)18)12-7-5-4-6-8-12/h4-8,13H,9-11H2,1-3H3,(H,17,18). The lowest BCUT2D eigenvalue weighted by Crippen LogP contribution is -2.33. The fraction of sp³-hybridized carbons (Fsp3) is 0.500. The highest BCUT2D eigenvalue weighted by atomic mass is 16.4. The van der Waals surface area contributed by atoms with Crippen molar-refractivity contribution in [3.63, 3.8) is 0 Å². The van der Waals surface area contributed by atoms with Crippen LogP contribution in [0.4, 0.5) is 0 Å². The van der Waals surface area contributed by atoms with Crippen molar-refractivity contribution in [3.8, 4) is 0 Å². The first-order chi connectivity index (χ1) is 8.50. The molecule has 0 aromatic heterocycles. The molecule has 1 unspecified atom stereocenters. The van der Waals surface area contributed by atoms with E-state index in [1.54, 1.807) is 0 Å². The highest BCUT2D eigenvalue weighted by Gasteiger charge is 2.19. The van der Waals surface area contributed by atoms with E-state index in [1.165, 1.54) is 0 Å². The molecule has 100 valence electrons. The smallest absolute Gasteiger partial charge is 0.305 e. The van der Waals surface area contributed by atoms with Crippen molar-refractivity contribution in [1.82, 2.24) is 9.80 Å². The van der Waals surface area contributed by atoms with Gasteiger partial charge in [-0.05, 0) is 26.7 Å². The summed E-state index contributed by atoms with van der Waals surface area (Å²) in [6, 6.07) is 9.75. The number of likely N-dealkylation sites (N-methyl/N-ethyl adjacent to an activating group) is 2. The number of hydrogen-bond donors (Lipinski definition) is 1. The molecule has 0 spiro atoms. The van der Waals surface area contributed by atoms with Gasteiger partial charge in [0.15, 0.2) is 0 Å². The maximum absolute atomic E-state index is 11.0. The van der Waals surface area contributed by atoms with Crippen molar-refractivity contribution in [2.45, 2.75) is 12.5 Å². The van der Waals surface area contributed by atoms with E-state index in [0.717, 1.165) is 18.7 Å². The van der Waals surface area contributed by atoms with Crippen LogP contribution in [0.5, 0.6) is 0 Å². The first kappa shape index (κ1) is 14.7. The van der Waals surface area contributed by atoms with Crippen LogP contribution in [0.15, 0.2) is 30.3 Å². The van der Waals surface area contributed by atoms with Crippen molar-refractivity contribution in [2.75, 3.05) is 34.2 Å². The zero-order valence-corrected chi connectivity index (χ0v) is 11.3. The Morgan fingerprint density at radius 2 is 1.78 bits per heavy atom. The Labute approximate surface area is 109 Å². The monoisotopic (exact) mass is 250 g/mol. The number of carbonyl (C=O) groups is 1. The van der Waals surface area contributed by atoms with Gasteiger partial charge in [0.25, 0.3) is 0 Å². The van der Waals surface area contributed by atoms with Gasteiger partial charge in [0, 0.05) is 19.1 Å². The summed E-state index contributed by atoms with van der Waals surface area (Å²) in [6.07, 6.45) is 0.133. The molecular formula is C14H22N2O2. The zero-order valence-electron chi connectivity index (χ0n) is 11.3. The van der Waals surface area contributed by atoms with Crippen LogP contribution in [0.25, 0.3) is 0 Å². The van der Waals surface area contributed by atoms with Gasteiger partial charge in [0.2, 0.25) is 0 Å². The summed E-state index contributed by atoms with van der Waals surface area (Å²) in [6.45, 7) is 1.76. The molecule has 0 heterocycles. The van der Waals surface area contributed by atoms with Crippen LogP contribution in [-0.2, 0) is 4.79 Å². The second kappa shape index (κ2) is 7.13. The van der Waals surface area contributed by atoms with Crippen LogP contribution in [0.1, 0.15) is 18.0 Å². The quantitative estimate of drug-likeness (QED) is 0.800. The van der Waals surface area contributed by atoms with Crippen molar-refractivity contribution >= 4 is 5.97 Å². The van der Waals surface area contributed by atoms with Gasteiger partial charge >= 0.3 is 5.97 Å². The SMILES string of the molecule is CN(C)CCN(C)C(CC(=O)O)c1ccccc1. The number of carboxylic acids is 1. The molecule has 4 heteroatoms. The molecule has 1 N–H and O–H groups in total. The van der Waals surface area contributed by atoms with E-state index in [-0.39, 0.29) is 12.5 Å². The number of hydrogen-bond acceptors (Lipinski definition) is 3. The van der Waals surface area contributed by atoms with Crippen LogP contribution in [0.2, 0.25) is 0 Å². The predicted molar refractivity (Wildman–Crippen MR) is 72.6 cm³/mol.